The summed E-state index contributed by atoms with van der Waals surface area (Å²) >= 11 is 0. The van der Waals surface area contributed by atoms with Crippen LogP contribution < -0.4 is 4.90 Å². The molecule has 0 fully saturated rings. The maximum absolute atomic E-state index is 6.72. The van der Waals surface area contributed by atoms with Crippen molar-refractivity contribution in [3.05, 3.63) is 217 Å². The summed E-state index contributed by atoms with van der Waals surface area (Å²) in [6.07, 6.45) is 11.7. The summed E-state index contributed by atoms with van der Waals surface area (Å²) in [6, 6.07) is 61.4. The lowest BCUT2D eigenvalue weighted by atomic mass is 9.73. The molecule has 3 heterocycles. The van der Waals surface area contributed by atoms with Crippen molar-refractivity contribution in [2.24, 2.45) is 0 Å². The number of furan rings is 2. The first-order chi connectivity index (χ1) is 31.3. The lowest BCUT2D eigenvalue weighted by Gasteiger charge is -2.31. The number of anilines is 3. The number of para-hydroxylation sites is 4. The number of rotatable bonds is 5. The van der Waals surface area contributed by atoms with Gasteiger partial charge >= 0.3 is 0 Å². The van der Waals surface area contributed by atoms with Gasteiger partial charge in [-0.1, -0.05) is 158 Å². The number of aromatic nitrogens is 1. The van der Waals surface area contributed by atoms with E-state index in [9.17, 15) is 0 Å². The zero-order chi connectivity index (χ0) is 41.2. The molecule has 63 heavy (non-hydrogen) atoms. The molecule has 0 spiro atoms. The number of hydrogen-bond acceptors (Lipinski definition) is 4. The van der Waals surface area contributed by atoms with Gasteiger partial charge in [-0.05, 0) is 91.7 Å². The molecule has 0 bridgehead atoms. The Morgan fingerprint density at radius 1 is 0.508 bits per heavy atom. The van der Waals surface area contributed by atoms with Gasteiger partial charge in [0.2, 0.25) is 0 Å². The fourth-order valence-electron chi connectivity index (χ4n) is 11.0. The Labute approximate surface area is 362 Å². The Hall–Kier alpha value is -8.21. The summed E-state index contributed by atoms with van der Waals surface area (Å²) in [5, 5.41) is 11.7. The van der Waals surface area contributed by atoms with Crippen molar-refractivity contribution in [2.75, 3.05) is 4.90 Å². The van der Waals surface area contributed by atoms with E-state index in [0.717, 1.165) is 72.7 Å². The summed E-state index contributed by atoms with van der Waals surface area (Å²) in [7, 11) is 0. The highest BCUT2D eigenvalue weighted by Crippen LogP contribution is 2.53. The maximum atomic E-state index is 6.72. The SMILES string of the molecule is C1=CC(c2cccc3c2oc2ccccc23)C2=CCc3ccc(-c4c5ccccc5c(N(c5ccccc5)c5cccc6c5oc5ccncc56)c5ccccc45)c4ccc1c2c34. The van der Waals surface area contributed by atoms with Crippen LogP contribution in [0, 0.1) is 0 Å². The second kappa shape index (κ2) is 13.1. The van der Waals surface area contributed by atoms with E-state index in [1.165, 1.54) is 65.9 Å². The minimum atomic E-state index is 0.0709. The van der Waals surface area contributed by atoms with Gasteiger partial charge in [-0.25, -0.2) is 0 Å². The fourth-order valence-corrected chi connectivity index (χ4v) is 11.0. The van der Waals surface area contributed by atoms with Crippen LogP contribution in [0.15, 0.2) is 203 Å². The van der Waals surface area contributed by atoms with Gasteiger partial charge < -0.3 is 13.7 Å². The average molecular weight is 805 g/mol. The molecule has 0 aliphatic heterocycles. The smallest absolute Gasteiger partial charge is 0.159 e. The molecular formula is C59H36N2O2. The number of allylic oxidation sites excluding steroid dienone is 3. The Bertz CT molecular complexity index is 3910. The van der Waals surface area contributed by atoms with Crippen LogP contribution in [0.25, 0.3) is 99.0 Å². The lowest BCUT2D eigenvalue weighted by molar-refractivity contribution is 0.663. The van der Waals surface area contributed by atoms with Gasteiger partial charge in [-0.2, -0.15) is 0 Å². The molecule has 14 rings (SSSR count). The molecule has 1 unspecified atom stereocenters. The van der Waals surface area contributed by atoms with Crippen LogP contribution in [0.4, 0.5) is 17.1 Å². The van der Waals surface area contributed by atoms with Crippen molar-refractivity contribution in [3.63, 3.8) is 0 Å². The monoisotopic (exact) mass is 804 g/mol. The van der Waals surface area contributed by atoms with E-state index < -0.39 is 0 Å². The molecular weight excluding hydrogens is 769 g/mol. The third kappa shape index (κ3) is 4.89. The number of nitrogens with zero attached hydrogens (tertiary/aromatic N) is 2. The minimum absolute atomic E-state index is 0.0709. The van der Waals surface area contributed by atoms with Crippen LogP contribution >= 0.6 is 0 Å². The molecule has 3 aromatic heterocycles. The minimum Gasteiger partial charge on any atom is -0.456 e. The van der Waals surface area contributed by atoms with Crippen LogP contribution in [0.5, 0.6) is 0 Å². The van der Waals surface area contributed by atoms with E-state index >= 15 is 0 Å². The highest BCUT2D eigenvalue weighted by atomic mass is 16.3. The molecule has 1 atom stereocenters. The molecule has 0 radical (unpaired) electrons. The van der Waals surface area contributed by atoms with E-state index in [-0.39, 0.29) is 5.92 Å². The average Bonchev–Trinajstić information content (AvgIpc) is 3.93. The number of benzene rings is 9. The summed E-state index contributed by atoms with van der Waals surface area (Å²) in [5.74, 6) is 0.0709. The quantitative estimate of drug-likeness (QED) is 0.163. The number of hydrogen-bond donors (Lipinski definition) is 0. The van der Waals surface area contributed by atoms with E-state index in [2.05, 4.69) is 192 Å². The molecule has 0 saturated carbocycles. The highest BCUT2D eigenvalue weighted by molar-refractivity contribution is 6.26. The summed E-state index contributed by atoms with van der Waals surface area (Å²) in [5.41, 5.74) is 15.7. The third-order valence-corrected chi connectivity index (χ3v) is 13.6. The predicted molar refractivity (Wildman–Crippen MR) is 261 cm³/mol. The van der Waals surface area contributed by atoms with Gasteiger partial charge in [-0.15, -0.1) is 0 Å². The van der Waals surface area contributed by atoms with Gasteiger partial charge in [0.1, 0.15) is 16.7 Å². The number of fused-ring (bicyclic) bond motifs is 8. The summed E-state index contributed by atoms with van der Waals surface area (Å²) in [4.78, 5) is 6.85. The molecule has 4 nitrogen and oxygen atoms in total. The molecule has 9 aromatic carbocycles. The topological polar surface area (TPSA) is 42.4 Å². The van der Waals surface area contributed by atoms with E-state index in [1.807, 2.05) is 12.3 Å². The molecule has 2 aliphatic rings. The molecule has 0 amide bonds. The largest absolute Gasteiger partial charge is 0.456 e. The van der Waals surface area contributed by atoms with Crippen molar-refractivity contribution in [3.8, 4) is 11.1 Å². The maximum Gasteiger partial charge on any atom is 0.159 e. The number of pyridine rings is 1. The molecule has 294 valence electrons. The normalized spacial score (nSPS) is 14.5. The van der Waals surface area contributed by atoms with Crippen molar-refractivity contribution >= 4 is 105 Å². The Kier molecular flexibility index (Phi) is 7.20. The first-order valence-corrected chi connectivity index (χ1v) is 21.7. The van der Waals surface area contributed by atoms with Gasteiger partial charge in [0.15, 0.2) is 5.58 Å². The third-order valence-electron chi connectivity index (χ3n) is 13.6. The Morgan fingerprint density at radius 2 is 1.19 bits per heavy atom. The fraction of sp³-hybridized carbons (Fsp3) is 0.0339. The molecule has 0 N–H and O–H groups in total. The molecule has 2 aliphatic carbocycles. The van der Waals surface area contributed by atoms with E-state index in [1.54, 1.807) is 6.20 Å². The zero-order valence-corrected chi connectivity index (χ0v) is 34.0. The van der Waals surface area contributed by atoms with Crippen LogP contribution in [0.2, 0.25) is 0 Å². The Balaban J connectivity index is 1.01. The predicted octanol–water partition coefficient (Wildman–Crippen LogP) is 16.2. The summed E-state index contributed by atoms with van der Waals surface area (Å²) in [6.45, 7) is 0. The van der Waals surface area contributed by atoms with Crippen molar-refractivity contribution in [1.29, 1.82) is 0 Å². The zero-order valence-electron chi connectivity index (χ0n) is 34.0. The van der Waals surface area contributed by atoms with Gasteiger partial charge in [0.25, 0.3) is 0 Å². The summed E-state index contributed by atoms with van der Waals surface area (Å²) < 4.78 is 13.3. The molecule has 0 saturated heterocycles. The van der Waals surface area contributed by atoms with Gasteiger partial charge in [-0.3, -0.25) is 4.98 Å². The second-order valence-electron chi connectivity index (χ2n) is 16.9. The van der Waals surface area contributed by atoms with Crippen molar-refractivity contribution < 1.29 is 8.83 Å². The lowest BCUT2D eigenvalue weighted by Crippen LogP contribution is -2.12. The van der Waals surface area contributed by atoms with Crippen LogP contribution in [-0.2, 0) is 6.42 Å². The van der Waals surface area contributed by atoms with Crippen LogP contribution in [0.1, 0.15) is 28.2 Å². The molecule has 12 aromatic rings. The van der Waals surface area contributed by atoms with Crippen molar-refractivity contribution in [1.82, 2.24) is 4.98 Å². The van der Waals surface area contributed by atoms with E-state index in [0.29, 0.717) is 0 Å². The molecule has 4 heteroatoms. The first-order valence-electron chi connectivity index (χ1n) is 21.7. The van der Waals surface area contributed by atoms with Crippen LogP contribution in [0.3, 0.4) is 0 Å². The highest BCUT2D eigenvalue weighted by Gasteiger charge is 2.31. The van der Waals surface area contributed by atoms with Crippen molar-refractivity contribution in [2.45, 2.75) is 12.3 Å². The van der Waals surface area contributed by atoms with E-state index in [4.69, 9.17) is 8.83 Å². The second-order valence-corrected chi connectivity index (χ2v) is 16.9. The van der Waals surface area contributed by atoms with Gasteiger partial charge in [0.05, 0.1) is 11.4 Å². The first kappa shape index (κ1) is 34.5. The van der Waals surface area contributed by atoms with Crippen LogP contribution in [-0.4, -0.2) is 4.98 Å². The Morgan fingerprint density at radius 3 is 2.02 bits per heavy atom. The standard InChI is InChI=1S/C59H36N2O2/c1-2-12-37(13-3-1)61(51-22-11-21-49-50-34-60-33-32-53(50)63-59(49)51)57-45-17-6-4-15-40(45)56(41-16-5-7-18-46(41)57)44-31-27-36-25-29-42-38(28-24-35-26-30-43(44)55(36)54(35)42)47-19-10-20-48-39-14-8-9-23-52(39)62-58(47)48/h1-24,26-34,38H,25H2. The van der Waals surface area contributed by atoms with Gasteiger partial charge in [0, 0.05) is 61.9 Å².